The predicted molar refractivity (Wildman–Crippen MR) is 141 cm³/mol. The third-order valence-electron chi connectivity index (χ3n) is 7.08. The summed E-state index contributed by atoms with van der Waals surface area (Å²) in [6, 6.07) is 35.4. The Morgan fingerprint density at radius 3 is 1.97 bits per heavy atom. The van der Waals surface area contributed by atoms with E-state index in [-0.39, 0.29) is 5.91 Å². The highest BCUT2D eigenvalue weighted by Gasteiger charge is 2.72. The average Bonchev–Trinajstić information content (AvgIpc) is 3.42. The standard InChI is InChI=1S/C31H26N2O4/c1-2-36-26-20-18-24(19-21-26)32-29(34)28-31(30(32)35,23-14-8-4-9-15-23)27(22-12-6-3-7-13-22)33(37-28)25-16-10-5-11-17-25/h3-21,27-28H,2H2,1H3/t27-,28-,31+/m0/s1. The van der Waals surface area contributed by atoms with Crippen LogP contribution in [-0.4, -0.2) is 24.5 Å². The van der Waals surface area contributed by atoms with Gasteiger partial charge in [-0.2, -0.15) is 0 Å². The van der Waals surface area contributed by atoms with Crippen LogP contribution in [0, 0.1) is 0 Å². The molecule has 2 heterocycles. The molecule has 37 heavy (non-hydrogen) atoms. The summed E-state index contributed by atoms with van der Waals surface area (Å²) in [4.78, 5) is 36.5. The molecule has 4 aromatic carbocycles. The van der Waals surface area contributed by atoms with Crippen molar-refractivity contribution in [2.24, 2.45) is 0 Å². The molecule has 6 heteroatoms. The van der Waals surface area contributed by atoms with E-state index in [0.717, 1.165) is 16.8 Å². The highest BCUT2D eigenvalue weighted by Crippen LogP contribution is 2.57. The predicted octanol–water partition coefficient (Wildman–Crippen LogP) is 5.46. The van der Waals surface area contributed by atoms with E-state index >= 15 is 0 Å². The van der Waals surface area contributed by atoms with Gasteiger partial charge in [0.25, 0.3) is 5.91 Å². The molecular formula is C31H26N2O4. The number of carbonyl (C=O) groups excluding carboxylic acids is 2. The first-order chi connectivity index (χ1) is 18.2. The van der Waals surface area contributed by atoms with E-state index in [2.05, 4.69) is 0 Å². The van der Waals surface area contributed by atoms with Gasteiger partial charge < -0.3 is 4.74 Å². The van der Waals surface area contributed by atoms with Gasteiger partial charge in [0.2, 0.25) is 5.91 Å². The number of benzene rings is 4. The number of imide groups is 1. The van der Waals surface area contributed by atoms with Gasteiger partial charge in [0.05, 0.1) is 18.0 Å². The molecule has 0 N–H and O–H groups in total. The number of carbonyl (C=O) groups is 2. The van der Waals surface area contributed by atoms with Crippen LogP contribution < -0.4 is 14.7 Å². The molecule has 4 aromatic rings. The average molecular weight is 491 g/mol. The largest absolute Gasteiger partial charge is 0.494 e. The number of hydroxylamine groups is 1. The fraction of sp³-hybridized carbons (Fsp3) is 0.161. The first-order valence-corrected chi connectivity index (χ1v) is 12.4. The summed E-state index contributed by atoms with van der Waals surface area (Å²) < 4.78 is 5.56. The number of ether oxygens (including phenoxy) is 1. The molecule has 0 saturated carbocycles. The lowest BCUT2D eigenvalue weighted by Gasteiger charge is -2.35. The van der Waals surface area contributed by atoms with Gasteiger partial charge in [-0.3, -0.25) is 14.4 Å². The van der Waals surface area contributed by atoms with E-state index in [0.29, 0.717) is 18.0 Å². The third-order valence-corrected chi connectivity index (χ3v) is 7.08. The molecule has 0 bridgehead atoms. The molecule has 0 unspecified atom stereocenters. The van der Waals surface area contributed by atoms with Crippen LogP contribution in [0.1, 0.15) is 24.1 Å². The zero-order valence-corrected chi connectivity index (χ0v) is 20.4. The monoisotopic (exact) mass is 490 g/mol. The lowest BCUT2D eigenvalue weighted by molar-refractivity contribution is -0.126. The summed E-state index contributed by atoms with van der Waals surface area (Å²) >= 11 is 0. The van der Waals surface area contributed by atoms with Crippen molar-refractivity contribution in [1.29, 1.82) is 0 Å². The summed E-state index contributed by atoms with van der Waals surface area (Å²) in [6.07, 6.45) is -1.04. The number of para-hydroxylation sites is 1. The number of anilines is 2. The number of fused-ring (bicyclic) bond motifs is 1. The van der Waals surface area contributed by atoms with Crippen molar-refractivity contribution in [2.75, 3.05) is 16.6 Å². The number of nitrogens with zero attached hydrogens (tertiary/aromatic N) is 2. The van der Waals surface area contributed by atoms with Gasteiger partial charge in [-0.15, -0.1) is 0 Å². The van der Waals surface area contributed by atoms with Gasteiger partial charge >= 0.3 is 0 Å². The molecule has 184 valence electrons. The van der Waals surface area contributed by atoms with Crippen LogP contribution in [0.5, 0.6) is 5.75 Å². The molecule has 2 aliphatic rings. The van der Waals surface area contributed by atoms with Crippen LogP contribution in [0.25, 0.3) is 0 Å². The van der Waals surface area contributed by atoms with E-state index in [9.17, 15) is 9.59 Å². The molecular weight excluding hydrogens is 464 g/mol. The van der Waals surface area contributed by atoms with E-state index in [4.69, 9.17) is 9.57 Å². The Hall–Kier alpha value is -4.42. The quantitative estimate of drug-likeness (QED) is 0.336. The van der Waals surface area contributed by atoms with Crippen molar-refractivity contribution in [3.05, 3.63) is 126 Å². The fourth-order valence-electron chi connectivity index (χ4n) is 5.52. The van der Waals surface area contributed by atoms with E-state index < -0.39 is 23.5 Å². The Morgan fingerprint density at radius 1 is 0.757 bits per heavy atom. The molecule has 0 aromatic heterocycles. The van der Waals surface area contributed by atoms with Gasteiger partial charge in [0, 0.05) is 0 Å². The highest BCUT2D eigenvalue weighted by atomic mass is 16.7. The Morgan fingerprint density at radius 2 is 1.35 bits per heavy atom. The number of amides is 2. The maximum atomic E-state index is 14.7. The highest BCUT2D eigenvalue weighted by molar-refractivity contribution is 6.28. The van der Waals surface area contributed by atoms with Crippen molar-refractivity contribution in [2.45, 2.75) is 24.5 Å². The smallest absolute Gasteiger partial charge is 0.267 e. The van der Waals surface area contributed by atoms with Crippen molar-refractivity contribution in [1.82, 2.24) is 0 Å². The molecule has 0 aliphatic carbocycles. The number of hydrogen-bond donors (Lipinski definition) is 0. The zero-order valence-electron chi connectivity index (χ0n) is 20.4. The van der Waals surface area contributed by atoms with Crippen LogP contribution in [0.15, 0.2) is 115 Å². The molecule has 6 rings (SSSR count). The minimum atomic E-state index is -1.30. The summed E-state index contributed by atoms with van der Waals surface area (Å²) in [5.41, 5.74) is 1.58. The first kappa shape index (κ1) is 23.0. The molecule has 0 spiro atoms. The third kappa shape index (κ3) is 3.52. The van der Waals surface area contributed by atoms with Crippen LogP contribution in [0.4, 0.5) is 11.4 Å². The van der Waals surface area contributed by atoms with Crippen molar-refractivity contribution in [3.63, 3.8) is 0 Å². The molecule has 2 saturated heterocycles. The Bertz CT molecular complexity index is 1410. The minimum absolute atomic E-state index is 0.315. The van der Waals surface area contributed by atoms with Crippen molar-refractivity contribution in [3.8, 4) is 5.75 Å². The molecule has 2 amide bonds. The molecule has 0 radical (unpaired) electrons. The number of rotatable bonds is 6. The SMILES string of the molecule is CCOc1ccc(N2C(=O)[C@@H]3ON(c4ccccc4)[C@@H](c4ccccc4)[C@@]3(c3ccccc3)C2=O)cc1. The normalized spacial score (nSPS) is 22.8. The van der Waals surface area contributed by atoms with Crippen LogP contribution >= 0.6 is 0 Å². The summed E-state index contributed by atoms with van der Waals surface area (Å²) in [5, 5.41) is 1.73. The number of hydrogen-bond acceptors (Lipinski definition) is 5. The summed E-state index contributed by atoms with van der Waals surface area (Å²) in [6.45, 7) is 2.44. The molecule has 6 nitrogen and oxygen atoms in total. The van der Waals surface area contributed by atoms with Crippen molar-refractivity contribution < 1.29 is 19.2 Å². The lowest BCUT2D eigenvalue weighted by atomic mass is 9.69. The molecule has 3 atom stereocenters. The Labute approximate surface area is 215 Å². The van der Waals surface area contributed by atoms with Gasteiger partial charge in [0.15, 0.2) is 6.10 Å². The topological polar surface area (TPSA) is 59.1 Å². The zero-order chi connectivity index (χ0) is 25.4. The minimum Gasteiger partial charge on any atom is -0.494 e. The van der Waals surface area contributed by atoms with Gasteiger partial charge in [0.1, 0.15) is 17.2 Å². The van der Waals surface area contributed by atoms with Crippen LogP contribution in [0.2, 0.25) is 0 Å². The van der Waals surface area contributed by atoms with Crippen LogP contribution in [-0.2, 0) is 19.8 Å². The van der Waals surface area contributed by atoms with Gasteiger partial charge in [-0.05, 0) is 54.4 Å². The van der Waals surface area contributed by atoms with E-state index in [1.54, 1.807) is 29.3 Å². The van der Waals surface area contributed by atoms with E-state index in [1.807, 2.05) is 97.9 Å². The first-order valence-electron chi connectivity index (χ1n) is 12.4. The van der Waals surface area contributed by atoms with Crippen LogP contribution in [0.3, 0.4) is 0 Å². The maximum absolute atomic E-state index is 14.7. The molecule has 2 aliphatic heterocycles. The van der Waals surface area contributed by atoms with Gasteiger partial charge in [-0.1, -0.05) is 78.9 Å². The Balaban J connectivity index is 1.56. The van der Waals surface area contributed by atoms with Gasteiger partial charge in [-0.25, -0.2) is 9.96 Å². The second-order valence-electron chi connectivity index (χ2n) is 9.10. The summed E-state index contributed by atoms with van der Waals surface area (Å²) in [5.74, 6) is -0.0282. The lowest BCUT2D eigenvalue weighted by Crippen LogP contribution is -2.46. The second-order valence-corrected chi connectivity index (χ2v) is 9.10. The van der Waals surface area contributed by atoms with E-state index in [1.165, 1.54) is 4.90 Å². The summed E-state index contributed by atoms with van der Waals surface area (Å²) in [7, 11) is 0. The fourth-order valence-corrected chi connectivity index (χ4v) is 5.52. The second kappa shape index (κ2) is 9.22. The van der Waals surface area contributed by atoms with Crippen molar-refractivity contribution >= 4 is 23.2 Å². The molecule has 2 fully saturated rings. The Kier molecular flexibility index (Phi) is 5.74. The maximum Gasteiger partial charge on any atom is 0.267 e.